The first-order valence-corrected chi connectivity index (χ1v) is 8.53. The fraction of sp³-hybridized carbons (Fsp3) is 0.154. The number of hydrogen-bond acceptors (Lipinski definition) is 4. The number of aromatic nitrogens is 1. The molecule has 2 N–H and O–H groups in total. The number of rotatable bonds is 5. The highest BCUT2D eigenvalue weighted by Crippen LogP contribution is 2.17. The first kappa shape index (κ1) is 14.8. The van der Waals surface area contributed by atoms with Gasteiger partial charge < -0.3 is 5.32 Å². The van der Waals surface area contributed by atoms with Gasteiger partial charge in [-0.25, -0.2) is 8.42 Å². The molecule has 0 aliphatic heterocycles. The summed E-state index contributed by atoms with van der Waals surface area (Å²) in [5.41, 5.74) is 2.25. The Hall–Kier alpha value is -1.60. The lowest BCUT2D eigenvalue weighted by atomic mass is 10.2. The molecule has 0 amide bonds. The molecule has 0 saturated heterocycles. The highest BCUT2D eigenvalue weighted by molar-refractivity contribution is 9.10. The zero-order valence-corrected chi connectivity index (χ0v) is 13.2. The Morgan fingerprint density at radius 1 is 1.20 bits per heavy atom. The zero-order valence-electron chi connectivity index (χ0n) is 10.8. The summed E-state index contributed by atoms with van der Waals surface area (Å²) in [6, 6.07) is 10.9. The van der Waals surface area contributed by atoms with Crippen LogP contribution in [0.5, 0.6) is 0 Å². The molecule has 0 radical (unpaired) electrons. The highest BCUT2D eigenvalue weighted by atomic mass is 79.9. The molecule has 1 aromatic heterocycles. The van der Waals surface area contributed by atoms with Crippen molar-refractivity contribution in [3.05, 3.63) is 52.8 Å². The lowest BCUT2D eigenvalue weighted by Crippen LogP contribution is -2.09. The summed E-state index contributed by atoms with van der Waals surface area (Å²) in [7, 11) is -3.26. The van der Waals surface area contributed by atoms with E-state index in [9.17, 15) is 8.42 Å². The van der Waals surface area contributed by atoms with Crippen LogP contribution in [0, 0.1) is 0 Å². The summed E-state index contributed by atoms with van der Waals surface area (Å²) >= 11 is 3.33. The first-order chi connectivity index (χ1) is 9.42. The lowest BCUT2D eigenvalue weighted by Gasteiger charge is -2.09. The molecule has 106 valence electrons. The van der Waals surface area contributed by atoms with E-state index >= 15 is 0 Å². The molecule has 0 unspecified atom stereocenters. The maximum absolute atomic E-state index is 11.2. The van der Waals surface area contributed by atoms with Gasteiger partial charge >= 0.3 is 0 Å². The third-order valence-electron chi connectivity index (χ3n) is 2.43. The summed E-state index contributed by atoms with van der Waals surface area (Å²) < 4.78 is 25.7. The van der Waals surface area contributed by atoms with E-state index in [0.29, 0.717) is 12.2 Å². The molecule has 0 bridgehead atoms. The maximum atomic E-state index is 11.2. The monoisotopic (exact) mass is 355 g/mol. The van der Waals surface area contributed by atoms with Crippen molar-refractivity contribution in [3.63, 3.8) is 0 Å². The predicted octanol–water partition coefficient (Wildman–Crippen LogP) is 2.83. The number of pyridine rings is 1. The van der Waals surface area contributed by atoms with Crippen LogP contribution < -0.4 is 10.0 Å². The van der Waals surface area contributed by atoms with Gasteiger partial charge in [-0.3, -0.25) is 9.71 Å². The van der Waals surface area contributed by atoms with Gasteiger partial charge in [-0.05, 0) is 46.3 Å². The number of halogens is 1. The van der Waals surface area contributed by atoms with Crippen LogP contribution in [-0.2, 0) is 16.6 Å². The van der Waals surface area contributed by atoms with Crippen molar-refractivity contribution < 1.29 is 8.42 Å². The van der Waals surface area contributed by atoms with Gasteiger partial charge in [0.2, 0.25) is 10.0 Å². The number of nitrogens with one attached hydrogen (secondary N) is 2. The van der Waals surface area contributed by atoms with E-state index in [1.807, 2.05) is 18.2 Å². The summed E-state index contributed by atoms with van der Waals surface area (Å²) in [6.45, 7) is 0.565. The average molecular weight is 356 g/mol. The van der Waals surface area contributed by atoms with Gasteiger partial charge in [0.1, 0.15) is 0 Å². The molecule has 7 heteroatoms. The van der Waals surface area contributed by atoms with Gasteiger partial charge in [0.15, 0.2) is 0 Å². The Kier molecular flexibility index (Phi) is 4.61. The van der Waals surface area contributed by atoms with Crippen molar-refractivity contribution in [2.75, 3.05) is 16.3 Å². The van der Waals surface area contributed by atoms with Crippen molar-refractivity contribution in [3.8, 4) is 0 Å². The molecule has 0 aliphatic carbocycles. The Balaban J connectivity index is 2.03. The third-order valence-corrected chi connectivity index (χ3v) is 3.50. The van der Waals surface area contributed by atoms with E-state index in [-0.39, 0.29) is 0 Å². The molecule has 5 nitrogen and oxygen atoms in total. The second-order valence-electron chi connectivity index (χ2n) is 4.28. The van der Waals surface area contributed by atoms with E-state index in [2.05, 4.69) is 31.0 Å². The minimum absolute atomic E-state index is 0.529. The van der Waals surface area contributed by atoms with Crippen LogP contribution in [0.25, 0.3) is 0 Å². The Morgan fingerprint density at radius 2 is 1.95 bits per heavy atom. The largest absolute Gasteiger partial charge is 0.379 e. The molecule has 2 rings (SSSR count). The summed E-state index contributed by atoms with van der Waals surface area (Å²) in [5.74, 6) is 0. The molecule has 1 heterocycles. The van der Waals surface area contributed by atoms with Crippen molar-refractivity contribution >= 4 is 37.3 Å². The highest BCUT2D eigenvalue weighted by Gasteiger charge is 2.02. The summed E-state index contributed by atoms with van der Waals surface area (Å²) in [4.78, 5) is 4.25. The normalized spacial score (nSPS) is 11.1. The standard InChI is InChI=1S/C13H14BrN3O2S/c1-20(18,19)17-12-4-2-3-11(7-12)16-9-13-6-5-10(14)8-15-13/h2-8,16-17H,9H2,1H3. The third kappa shape index (κ3) is 4.82. The van der Waals surface area contributed by atoms with Crippen molar-refractivity contribution in [1.29, 1.82) is 0 Å². The van der Waals surface area contributed by atoms with Gasteiger partial charge in [0.25, 0.3) is 0 Å². The van der Waals surface area contributed by atoms with E-state index in [4.69, 9.17) is 0 Å². The second kappa shape index (κ2) is 6.23. The smallest absolute Gasteiger partial charge is 0.229 e. The summed E-state index contributed by atoms with van der Waals surface area (Å²) in [5, 5.41) is 3.19. The van der Waals surface area contributed by atoms with Crippen molar-refractivity contribution in [1.82, 2.24) is 4.98 Å². The van der Waals surface area contributed by atoms with Crippen LogP contribution in [0.15, 0.2) is 47.1 Å². The molecule has 20 heavy (non-hydrogen) atoms. The SMILES string of the molecule is CS(=O)(=O)Nc1cccc(NCc2ccc(Br)cn2)c1. The van der Waals surface area contributed by atoms with Crippen LogP contribution in [0.3, 0.4) is 0 Å². The quantitative estimate of drug-likeness (QED) is 0.864. The fourth-order valence-corrected chi connectivity index (χ4v) is 2.40. The average Bonchev–Trinajstić information content (AvgIpc) is 2.36. The van der Waals surface area contributed by atoms with Gasteiger partial charge in [0, 0.05) is 16.4 Å². The van der Waals surface area contributed by atoms with E-state index < -0.39 is 10.0 Å². The maximum Gasteiger partial charge on any atom is 0.229 e. The van der Waals surface area contributed by atoms with Gasteiger partial charge in [-0.15, -0.1) is 0 Å². The fourth-order valence-electron chi connectivity index (χ4n) is 1.61. The Labute approximate surface area is 126 Å². The van der Waals surface area contributed by atoms with E-state index in [1.165, 1.54) is 0 Å². The van der Waals surface area contributed by atoms with Crippen LogP contribution in [0.2, 0.25) is 0 Å². The topological polar surface area (TPSA) is 71.1 Å². The molecule has 0 aliphatic rings. The van der Waals surface area contributed by atoms with Crippen LogP contribution in [0.1, 0.15) is 5.69 Å². The van der Waals surface area contributed by atoms with Crippen LogP contribution in [0.4, 0.5) is 11.4 Å². The Morgan fingerprint density at radius 3 is 2.60 bits per heavy atom. The number of nitrogens with zero attached hydrogens (tertiary/aromatic N) is 1. The van der Waals surface area contributed by atoms with Crippen LogP contribution in [-0.4, -0.2) is 19.7 Å². The number of benzene rings is 1. The van der Waals surface area contributed by atoms with Crippen LogP contribution >= 0.6 is 15.9 Å². The van der Waals surface area contributed by atoms with Gasteiger partial charge in [-0.2, -0.15) is 0 Å². The molecule has 0 fully saturated rings. The second-order valence-corrected chi connectivity index (χ2v) is 6.94. The molecular formula is C13H14BrN3O2S. The molecule has 0 atom stereocenters. The minimum Gasteiger partial charge on any atom is -0.379 e. The van der Waals surface area contributed by atoms with E-state index in [1.54, 1.807) is 24.4 Å². The van der Waals surface area contributed by atoms with Crippen molar-refractivity contribution in [2.45, 2.75) is 6.54 Å². The first-order valence-electron chi connectivity index (χ1n) is 5.84. The van der Waals surface area contributed by atoms with Gasteiger partial charge in [0.05, 0.1) is 24.2 Å². The molecule has 0 spiro atoms. The molecular weight excluding hydrogens is 342 g/mol. The Bertz CT molecular complexity index is 687. The predicted molar refractivity (Wildman–Crippen MR) is 84.2 cm³/mol. The van der Waals surface area contributed by atoms with Gasteiger partial charge in [-0.1, -0.05) is 6.07 Å². The molecule has 2 aromatic rings. The summed E-state index contributed by atoms with van der Waals surface area (Å²) in [6.07, 6.45) is 2.86. The molecule has 0 saturated carbocycles. The molecule has 1 aromatic carbocycles. The van der Waals surface area contributed by atoms with E-state index in [0.717, 1.165) is 22.1 Å². The zero-order chi connectivity index (χ0) is 14.6. The van der Waals surface area contributed by atoms with Crippen molar-refractivity contribution in [2.24, 2.45) is 0 Å². The minimum atomic E-state index is -3.26. The lowest BCUT2D eigenvalue weighted by molar-refractivity contribution is 0.607. The number of anilines is 2. The number of sulfonamides is 1. The number of hydrogen-bond donors (Lipinski definition) is 2.